The fourth-order valence-electron chi connectivity index (χ4n) is 4.16. The van der Waals surface area contributed by atoms with E-state index >= 15 is 0 Å². The fourth-order valence-corrected chi connectivity index (χ4v) is 4.16. The molecule has 0 bridgehead atoms. The van der Waals surface area contributed by atoms with Gasteiger partial charge in [0.25, 0.3) is 0 Å². The van der Waals surface area contributed by atoms with E-state index in [0.717, 1.165) is 49.0 Å². The molecule has 0 saturated carbocycles. The Balaban J connectivity index is 1.50. The van der Waals surface area contributed by atoms with Crippen LogP contribution >= 0.6 is 0 Å². The first-order valence-electron chi connectivity index (χ1n) is 9.61. The lowest BCUT2D eigenvalue weighted by Gasteiger charge is -2.33. The maximum atomic E-state index is 12.2. The van der Waals surface area contributed by atoms with Gasteiger partial charge in [-0.1, -0.05) is 6.07 Å². The second-order valence-corrected chi connectivity index (χ2v) is 7.60. The number of carbonyl (C=O) groups excluding carboxylic acids is 3. The largest absolute Gasteiger partial charge is 0.371 e. The van der Waals surface area contributed by atoms with Crippen LogP contribution in [0, 0.1) is 5.92 Å². The van der Waals surface area contributed by atoms with Gasteiger partial charge in [-0.25, -0.2) is 0 Å². The van der Waals surface area contributed by atoms with Gasteiger partial charge in [0.2, 0.25) is 11.8 Å². The predicted molar refractivity (Wildman–Crippen MR) is 98.8 cm³/mol. The summed E-state index contributed by atoms with van der Waals surface area (Å²) in [6, 6.07) is 6.07. The molecule has 3 heterocycles. The molecule has 0 spiro atoms. The number of aldehydes is 1. The highest BCUT2D eigenvalue weighted by molar-refractivity contribution is 6.00. The average molecular weight is 371 g/mol. The Labute approximate surface area is 158 Å². The molecule has 1 N–H and O–H groups in total. The number of benzene rings is 1. The fraction of sp³-hybridized carbons (Fsp3) is 0.550. The predicted octanol–water partition coefficient (Wildman–Crippen LogP) is 1.20. The van der Waals surface area contributed by atoms with Gasteiger partial charge in [-0.3, -0.25) is 19.8 Å². The molecular weight excluding hydrogens is 346 g/mol. The standard InChI is InChI=1S/C20H25N3O4/c24-11-14-5-7-22(8-6-14)17-2-1-15-12-27-13-23(10-16(15)9-17)18-3-4-19(25)21-20(18)26/h1-2,9,11,14,18H,3-8,10,12-13H2,(H,21,25,26). The summed E-state index contributed by atoms with van der Waals surface area (Å²) >= 11 is 0. The van der Waals surface area contributed by atoms with Gasteiger partial charge < -0.3 is 14.4 Å². The van der Waals surface area contributed by atoms with Gasteiger partial charge >= 0.3 is 0 Å². The lowest BCUT2D eigenvalue weighted by Crippen LogP contribution is -2.52. The number of rotatable bonds is 3. The quantitative estimate of drug-likeness (QED) is 0.635. The van der Waals surface area contributed by atoms with Crippen molar-refractivity contribution in [3.05, 3.63) is 29.3 Å². The molecule has 7 heteroatoms. The van der Waals surface area contributed by atoms with Crippen molar-refractivity contribution in [2.45, 2.75) is 44.9 Å². The lowest BCUT2D eigenvalue weighted by atomic mass is 9.97. The van der Waals surface area contributed by atoms with E-state index in [1.54, 1.807) is 0 Å². The molecule has 1 aromatic carbocycles. The van der Waals surface area contributed by atoms with E-state index in [1.807, 2.05) is 4.90 Å². The van der Waals surface area contributed by atoms with Crippen LogP contribution < -0.4 is 10.2 Å². The van der Waals surface area contributed by atoms with E-state index in [9.17, 15) is 14.4 Å². The smallest absolute Gasteiger partial charge is 0.243 e. The van der Waals surface area contributed by atoms with Crippen molar-refractivity contribution in [3.8, 4) is 0 Å². The van der Waals surface area contributed by atoms with Crippen LogP contribution in [0.15, 0.2) is 18.2 Å². The van der Waals surface area contributed by atoms with E-state index in [1.165, 1.54) is 0 Å². The highest BCUT2D eigenvalue weighted by Gasteiger charge is 2.33. The Morgan fingerprint density at radius 2 is 1.93 bits per heavy atom. The van der Waals surface area contributed by atoms with Crippen LogP contribution in [0.25, 0.3) is 0 Å². The summed E-state index contributed by atoms with van der Waals surface area (Å²) in [7, 11) is 0. The molecule has 1 atom stereocenters. The first kappa shape index (κ1) is 18.1. The van der Waals surface area contributed by atoms with Crippen LogP contribution in [0.2, 0.25) is 0 Å². The minimum atomic E-state index is -0.333. The minimum absolute atomic E-state index is 0.179. The third-order valence-corrected chi connectivity index (χ3v) is 5.83. The first-order chi connectivity index (χ1) is 13.1. The molecule has 27 heavy (non-hydrogen) atoms. The molecule has 2 saturated heterocycles. The molecule has 4 rings (SSSR count). The molecule has 3 aliphatic rings. The molecule has 2 fully saturated rings. The van der Waals surface area contributed by atoms with Crippen LogP contribution in [0.4, 0.5) is 5.69 Å². The molecule has 7 nitrogen and oxygen atoms in total. The molecule has 3 aliphatic heterocycles. The van der Waals surface area contributed by atoms with Crippen molar-refractivity contribution in [2.75, 3.05) is 24.7 Å². The number of anilines is 1. The number of amides is 2. The number of nitrogens with zero attached hydrogens (tertiary/aromatic N) is 2. The van der Waals surface area contributed by atoms with Crippen molar-refractivity contribution in [3.63, 3.8) is 0 Å². The number of ether oxygens (including phenoxy) is 1. The SMILES string of the molecule is O=CC1CCN(c2ccc3c(c2)CN(C2CCC(=O)NC2=O)COC3)CC1. The molecule has 2 amide bonds. The molecule has 0 aromatic heterocycles. The summed E-state index contributed by atoms with van der Waals surface area (Å²) in [5.41, 5.74) is 3.45. The van der Waals surface area contributed by atoms with Crippen LogP contribution in [0.3, 0.4) is 0 Å². The van der Waals surface area contributed by atoms with Gasteiger partial charge in [0.15, 0.2) is 0 Å². The zero-order valence-corrected chi connectivity index (χ0v) is 15.4. The highest BCUT2D eigenvalue weighted by atomic mass is 16.5. The van der Waals surface area contributed by atoms with Crippen molar-refractivity contribution in [1.29, 1.82) is 0 Å². The highest BCUT2D eigenvalue weighted by Crippen LogP contribution is 2.28. The maximum Gasteiger partial charge on any atom is 0.243 e. The maximum absolute atomic E-state index is 12.2. The lowest BCUT2D eigenvalue weighted by molar-refractivity contribution is -0.140. The normalized spacial score (nSPS) is 24.9. The number of fused-ring (bicyclic) bond motifs is 1. The number of nitrogens with one attached hydrogen (secondary N) is 1. The minimum Gasteiger partial charge on any atom is -0.371 e. The molecule has 1 aromatic rings. The van der Waals surface area contributed by atoms with E-state index in [-0.39, 0.29) is 23.8 Å². The number of imide groups is 1. The van der Waals surface area contributed by atoms with E-state index in [2.05, 4.69) is 28.4 Å². The summed E-state index contributed by atoms with van der Waals surface area (Å²) in [6.07, 6.45) is 3.76. The van der Waals surface area contributed by atoms with Gasteiger partial charge in [-0.2, -0.15) is 0 Å². The third-order valence-electron chi connectivity index (χ3n) is 5.83. The van der Waals surface area contributed by atoms with Crippen LogP contribution in [0.5, 0.6) is 0 Å². The Morgan fingerprint density at radius 1 is 1.11 bits per heavy atom. The Morgan fingerprint density at radius 3 is 2.67 bits per heavy atom. The van der Waals surface area contributed by atoms with Crippen molar-refractivity contribution in [2.24, 2.45) is 5.92 Å². The van der Waals surface area contributed by atoms with Crippen LogP contribution in [-0.4, -0.2) is 48.9 Å². The molecular formula is C20H25N3O4. The van der Waals surface area contributed by atoms with Crippen molar-refractivity contribution >= 4 is 23.8 Å². The summed E-state index contributed by atoms with van der Waals surface area (Å²) in [4.78, 5) is 39.0. The average Bonchev–Trinajstić information content (AvgIpc) is 2.89. The topological polar surface area (TPSA) is 79.0 Å². The van der Waals surface area contributed by atoms with E-state index < -0.39 is 0 Å². The number of hydrogen-bond acceptors (Lipinski definition) is 6. The molecule has 0 radical (unpaired) electrons. The zero-order valence-electron chi connectivity index (χ0n) is 15.4. The molecule has 144 valence electrons. The number of carbonyl (C=O) groups is 3. The summed E-state index contributed by atoms with van der Waals surface area (Å²) in [5, 5.41) is 2.43. The van der Waals surface area contributed by atoms with E-state index in [0.29, 0.717) is 32.7 Å². The van der Waals surface area contributed by atoms with Crippen molar-refractivity contribution < 1.29 is 19.1 Å². The Kier molecular flexibility index (Phi) is 5.22. The van der Waals surface area contributed by atoms with Crippen LogP contribution in [-0.2, 0) is 32.3 Å². The summed E-state index contributed by atoms with van der Waals surface area (Å²) < 4.78 is 5.78. The first-order valence-corrected chi connectivity index (χ1v) is 9.61. The monoisotopic (exact) mass is 371 g/mol. The van der Waals surface area contributed by atoms with Gasteiger partial charge in [0.05, 0.1) is 12.6 Å². The van der Waals surface area contributed by atoms with Gasteiger partial charge in [-0.15, -0.1) is 0 Å². The summed E-state index contributed by atoms with van der Waals surface area (Å²) in [5.74, 6) is -0.253. The van der Waals surface area contributed by atoms with Gasteiger partial charge in [0, 0.05) is 37.7 Å². The second-order valence-electron chi connectivity index (χ2n) is 7.60. The zero-order chi connectivity index (χ0) is 18.8. The second kappa shape index (κ2) is 7.78. The molecule has 1 unspecified atom stereocenters. The van der Waals surface area contributed by atoms with Gasteiger partial charge in [-0.05, 0) is 42.5 Å². The Bertz CT molecular complexity index is 743. The number of piperidine rings is 2. The third kappa shape index (κ3) is 3.89. The number of hydrogen-bond donors (Lipinski definition) is 1. The van der Waals surface area contributed by atoms with E-state index in [4.69, 9.17) is 4.74 Å². The molecule has 0 aliphatic carbocycles. The van der Waals surface area contributed by atoms with Crippen LogP contribution in [0.1, 0.15) is 36.8 Å². The van der Waals surface area contributed by atoms with Gasteiger partial charge in [0.1, 0.15) is 13.0 Å². The Hall–Kier alpha value is -2.25. The summed E-state index contributed by atoms with van der Waals surface area (Å²) in [6.45, 7) is 3.29. The van der Waals surface area contributed by atoms with Crippen molar-refractivity contribution in [1.82, 2.24) is 10.2 Å².